The fraction of sp³-hybridized carbons (Fsp3) is 0.600. The SMILES string of the molecule is CCCCOC(=O)N1CCC2(CC1)CC(=O)c1ccc(OC)c(OC)c1O2. The zero-order chi connectivity index (χ0) is 19.4. The fourth-order valence-corrected chi connectivity index (χ4v) is 3.63. The molecule has 1 amide bonds. The highest BCUT2D eigenvalue weighted by Gasteiger charge is 2.45. The molecule has 1 aromatic rings. The zero-order valence-corrected chi connectivity index (χ0v) is 16.2. The van der Waals surface area contributed by atoms with Crippen LogP contribution in [-0.4, -0.2) is 56.3 Å². The third kappa shape index (κ3) is 3.82. The molecule has 27 heavy (non-hydrogen) atoms. The maximum atomic E-state index is 12.7. The Morgan fingerprint density at radius 3 is 2.59 bits per heavy atom. The van der Waals surface area contributed by atoms with Gasteiger partial charge in [0, 0.05) is 25.9 Å². The molecule has 2 aliphatic heterocycles. The summed E-state index contributed by atoms with van der Waals surface area (Å²) in [6.45, 7) is 3.49. The number of ether oxygens (including phenoxy) is 4. The molecule has 2 heterocycles. The van der Waals surface area contributed by atoms with E-state index in [-0.39, 0.29) is 11.9 Å². The molecule has 1 aromatic carbocycles. The summed E-state index contributed by atoms with van der Waals surface area (Å²) in [5.74, 6) is 1.42. The number of rotatable bonds is 5. The number of benzene rings is 1. The maximum Gasteiger partial charge on any atom is 0.409 e. The quantitative estimate of drug-likeness (QED) is 0.732. The van der Waals surface area contributed by atoms with Crippen LogP contribution in [0.15, 0.2) is 12.1 Å². The second-order valence-corrected chi connectivity index (χ2v) is 7.02. The first kappa shape index (κ1) is 19.3. The topological polar surface area (TPSA) is 74.3 Å². The molecule has 0 bridgehead atoms. The lowest BCUT2D eigenvalue weighted by molar-refractivity contribution is -0.0108. The molecule has 3 rings (SSSR count). The number of amides is 1. The van der Waals surface area contributed by atoms with Crippen molar-refractivity contribution in [3.05, 3.63) is 17.7 Å². The van der Waals surface area contributed by atoms with E-state index in [1.807, 2.05) is 0 Å². The summed E-state index contributed by atoms with van der Waals surface area (Å²) < 4.78 is 22.4. The fourth-order valence-electron chi connectivity index (χ4n) is 3.63. The number of hydrogen-bond acceptors (Lipinski definition) is 6. The van der Waals surface area contributed by atoms with Gasteiger partial charge in [0.2, 0.25) is 5.75 Å². The Bertz CT molecular complexity index is 709. The summed E-state index contributed by atoms with van der Waals surface area (Å²) in [5.41, 5.74) is -0.108. The van der Waals surface area contributed by atoms with Gasteiger partial charge in [-0.15, -0.1) is 0 Å². The summed E-state index contributed by atoms with van der Waals surface area (Å²) in [7, 11) is 3.08. The van der Waals surface area contributed by atoms with E-state index in [1.54, 1.807) is 24.1 Å². The van der Waals surface area contributed by atoms with Gasteiger partial charge in [0.25, 0.3) is 0 Å². The van der Waals surface area contributed by atoms with Crippen LogP contribution in [0.5, 0.6) is 17.2 Å². The lowest BCUT2D eigenvalue weighted by atomic mass is 9.82. The van der Waals surface area contributed by atoms with Crippen LogP contribution in [0.3, 0.4) is 0 Å². The van der Waals surface area contributed by atoms with Gasteiger partial charge in [0.05, 0.1) is 32.8 Å². The molecule has 7 heteroatoms. The third-order valence-corrected chi connectivity index (χ3v) is 5.26. The van der Waals surface area contributed by atoms with E-state index >= 15 is 0 Å². The summed E-state index contributed by atoms with van der Waals surface area (Å²) in [4.78, 5) is 26.6. The van der Waals surface area contributed by atoms with Crippen molar-refractivity contribution in [1.29, 1.82) is 0 Å². The van der Waals surface area contributed by atoms with Crippen LogP contribution in [0.1, 0.15) is 49.4 Å². The van der Waals surface area contributed by atoms with Crippen molar-refractivity contribution < 1.29 is 28.5 Å². The Morgan fingerprint density at radius 2 is 1.96 bits per heavy atom. The molecule has 0 aliphatic carbocycles. The van der Waals surface area contributed by atoms with Gasteiger partial charge < -0.3 is 23.8 Å². The number of carbonyl (C=O) groups excluding carboxylic acids is 2. The van der Waals surface area contributed by atoms with Crippen molar-refractivity contribution in [2.24, 2.45) is 0 Å². The van der Waals surface area contributed by atoms with E-state index in [1.165, 1.54) is 7.11 Å². The third-order valence-electron chi connectivity index (χ3n) is 5.26. The standard InChI is InChI=1S/C20H27NO6/c1-4-5-12-26-19(23)21-10-8-20(9-11-21)13-15(22)14-6-7-16(24-2)18(25-3)17(14)27-20/h6-7H,4-5,8-13H2,1-3H3. The lowest BCUT2D eigenvalue weighted by Crippen LogP contribution is -2.52. The molecular formula is C20H27NO6. The van der Waals surface area contributed by atoms with Crippen LogP contribution in [0, 0.1) is 0 Å². The molecule has 1 fully saturated rings. The van der Waals surface area contributed by atoms with E-state index < -0.39 is 5.60 Å². The monoisotopic (exact) mass is 377 g/mol. The molecule has 0 unspecified atom stereocenters. The minimum Gasteiger partial charge on any atom is -0.493 e. The largest absolute Gasteiger partial charge is 0.493 e. The van der Waals surface area contributed by atoms with Gasteiger partial charge >= 0.3 is 6.09 Å². The molecule has 1 spiro atoms. The Morgan fingerprint density at radius 1 is 1.22 bits per heavy atom. The first-order valence-electron chi connectivity index (χ1n) is 9.42. The zero-order valence-electron chi connectivity index (χ0n) is 16.2. The van der Waals surface area contributed by atoms with E-state index in [0.29, 0.717) is 61.8 Å². The molecular weight excluding hydrogens is 350 g/mol. The Hall–Kier alpha value is -2.44. The molecule has 0 aromatic heterocycles. The van der Waals surface area contributed by atoms with E-state index in [2.05, 4.69) is 6.92 Å². The van der Waals surface area contributed by atoms with Crippen molar-refractivity contribution in [3.63, 3.8) is 0 Å². The number of fused-ring (bicyclic) bond motifs is 1. The Labute approximate surface area is 159 Å². The number of piperidine rings is 1. The van der Waals surface area contributed by atoms with Gasteiger partial charge in [0.15, 0.2) is 17.3 Å². The smallest absolute Gasteiger partial charge is 0.409 e. The van der Waals surface area contributed by atoms with Gasteiger partial charge in [-0.2, -0.15) is 0 Å². The predicted molar refractivity (Wildman–Crippen MR) is 98.9 cm³/mol. The Balaban J connectivity index is 1.73. The minimum atomic E-state index is -0.621. The van der Waals surface area contributed by atoms with Crippen molar-refractivity contribution in [2.75, 3.05) is 33.9 Å². The molecule has 0 saturated carbocycles. The van der Waals surface area contributed by atoms with Crippen LogP contribution < -0.4 is 14.2 Å². The molecule has 2 aliphatic rings. The first-order chi connectivity index (χ1) is 13.0. The van der Waals surface area contributed by atoms with Crippen LogP contribution in [0.4, 0.5) is 4.79 Å². The van der Waals surface area contributed by atoms with Gasteiger partial charge in [-0.05, 0) is 18.6 Å². The Kier molecular flexibility index (Phi) is 5.77. The minimum absolute atomic E-state index is 0.0242. The van der Waals surface area contributed by atoms with Crippen molar-refractivity contribution in [1.82, 2.24) is 4.90 Å². The molecule has 0 N–H and O–H groups in total. The van der Waals surface area contributed by atoms with Crippen LogP contribution in [0.2, 0.25) is 0 Å². The average Bonchev–Trinajstić information content (AvgIpc) is 2.67. The summed E-state index contributed by atoms with van der Waals surface area (Å²) in [6.07, 6.45) is 2.99. The summed E-state index contributed by atoms with van der Waals surface area (Å²) in [5, 5.41) is 0. The number of methoxy groups -OCH3 is 2. The highest BCUT2D eigenvalue weighted by molar-refractivity contribution is 6.01. The molecule has 148 valence electrons. The van der Waals surface area contributed by atoms with Crippen LogP contribution >= 0.6 is 0 Å². The molecule has 7 nitrogen and oxygen atoms in total. The van der Waals surface area contributed by atoms with Crippen molar-refractivity contribution in [3.8, 4) is 17.2 Å². The second-order valence-electron chi connectivity index (χ2n) is 7.02. The maximum absolute atomic E-state index is 12.7. The van der Waals surface area contributed by atoms with E-state index in [0.717, 1.165) is 12.8 Å². The summed E-state index contributed by atoms with van der Waals surface area (Å²) >= 11 is 0. The molecule has 0 radical (unpaired) electrons. The molecule has 0 atom stereocenters. The van der Waals surface area contributed by atoms with Crippen LogP contribution in [-0.2, 0) is 4.74 Å². The number of unbranched alkanes of at least 4 members (excludes halogenated alkanes) is 1. The predicted octanol–water partition coefficient (Wildman–Crippen LogP) is 3.44. The summed E-state index contributed by atoms with van der Waals surface area (Å²) in [6, 6.07) is 3.43. The van der Waals surface area contributed by atoms with Gasteiger partial charge in [-0.1, -0.05) is 13.3 Å². The number of hydrogen-bond donors (Lipinski definition) is 0. The normalized spacial score (nSPS) is 17.9. The van der Waals surface area contributed by atoms with Crippen molar-refractivity contribution >= 4 is 11.9 Å². The number of Topliss-reactive ketones (excluding diaryl/α,β-unsaturated/α-hetero) is 1. The number of carbonyl (C=O) groups is 2. The first-order valence-corrected chi connectivity index (χ1v) is 9.42. The van der Waals surface area contributed by atoms with E-state index in [9.17, 15) is 9.59 Å². The van der Waals surface area contributed by atoms with Gasteiger partial charge in [-0.3, -0.25) is 4.79 Å². The number of likely N-dealkylation sites (tertiary alicyclic amines) is 1. The van der Waals surface area contributed by atoms with Gasteiger partial charge in [0.1, 0.15) is 5.60 Å². The van der Waals surface area contributed by atoms with E-state index in [4.69, 9.17) is 18.9 Å². The second kappa shape index (κ2) is 8.06. The number of nitrogens with zero attached hydrogens (tertiary/aromatic N) is 1. The highest BCUT2D eigenvalue weighted by Crippen LogP contribution is 2.47. The molecule has 1 saturated heterocycles. The van der Waals surface area contributed by atoms with Gasteiger partial charge in [-0.25, -0.2) is 4.79 Å². The highest BCUT2D eigenvalue weighted by atomic mass is 16.6. The number of ketones is 1. The van der Waals surface area contributed by atoms with Crippen LogP contribution in [0.25, 0.3) is 0 Å². The lowest BCUT2D eigenvalue weighted by Gasteiger charge is -2.43. The van der Waals surface area contributed by atoms with Crippen molar-refractivity contribution in [2.45, 2.75) is 44.6 Å². The average molecular weight is 377 g/mol.